The van der Waals surface area contributed by atoms with Gasteiger partial charge in [-0.2, -0.15) is 0 Å². The molecule has 0 saturated carbocycles. The lowest BCUT2D eigenvalue weighted by molar-refractivity contribution is 0.0917. The monoisotopic (exact) mass is 314 g/mol. The number of nitrogens with one attached hydrogen (secondary N) is 1. The third-order valence-corrected chi connectivity index (χ3v) is 3.31. The molecular formula is C13H19BrN2O2. The summed E-state index contributed by atoms with van der Waals surface area (Å²) >= 11 is 3.30. The molecule has 0 aromatic heterocycles. The summed E-state index contributed by atoms with van der Waals surface area (Å²) in [4.78, 5) is 12.1. The van der Waals surface area contributed by atoms with Gasteiger partial charge in [0, 0.05) is 22.8 Å². The van der Waals surface area contributed by atoms with Crippen LogP contribution in [-0.2, 0) is 0 Å². The van der Waals surface area contributed by atoms with Crippen LogP contribution < -0.4 is 11.1 Å². The first-order valence-electron chi connectivity index (χ1n) is 5.92. The zero-order valence-corrected chi connectivity index (χ0v) is 12.2. The second-order valence-electron chi connectivity index (χ2n) is 4.57. The van der Waals surface area contributed by atoms with Crippen molar-refractivity contribution in [2.75, 3.05) is 12.3 Å². The van der Waals surface area contributed by atoms with E-state index in [1.54, 1.807) is 18.2 Å². The molecule has 1 amide bonds. The molecular weight excluding hydrogens is 296 g/mol. The highest BCUT2D eigenvalue weighted by atomic mass is 79.9. The van der Waals surface area contributed by atoms with Gasteiger partial charge in [0.25, 0.3) is 5.91 Å². The number of anilines is 1. The van der Waals surface area contributed by atoms with Crippen molar-refractivity contribution in [1.82, 2.24) is 5.32 Å². The summed E-state index contributed by atoms with van der Waals surface area (Å²) in [5.41, 5.74) is 6.71. The highest BCUT2D eigenvalue weighted by molar-refractivity contribution is 9.10. The molecule has 1 aromatic rings. The molecule has 1 unspecified atom stereocenters. The summed E-state index contributed by atoms with van der Waals surface area (Å²) in [5.74, 6) is 0.0601. The first-order chi connectivity index (χ1) is 8.45. The van der Waals surface area contributed by atoms with Gasteiger partial charge in [0.1, 0.15) is 0 Å². The molecule has 1 rings (SSSR count). The van der Waals surface area contributed by atoms with Crippen LogP contribution in [0.2, 0.25) is 0 Å². The van der Waals surface area contributed by atoms with Crippen LogP contribution in [0.1, 0.15) is 30.6 Å². The molecule has 4 nitrogen and oxygen atoms in total. The molecule has 0 aliphatic heterocycles. The molecule has 0 aliphatic rings. The summed E-state index contributed by atoms with van der Waals surface area (Å²) in [6.07, 6.45) is 0.542. The normalized spacial score (nSPS) is 12.5. The largest absolute Gasteiger partial charge is 0.398 e. The molecule has 0 fully saturated rings. The maximum atomic E-state index is 12.1. The smallest absolute Gasteiger partial charge is 0.253 e. The number of aliphatic hydroxyl groups is 1. The second-order valence-corrected chi connectivity index (χ2v) is 5.48. The fourth-order valence-electron chi connectivity index (χ4n) is 1.70. The van der Waals surface area contributed by atoms with E-state index in [0.29, 0.717) is 17.7 Å². The molecule has 100 valence electrons. The van der Waals surface area contributed by atoms with Gasteiger partial charge in [-0.3, -0.25) is 4.79 Å². The average molecular weight is 315 g/mol. The number of hydrogen-bond donors (Lipinski definition) is 3. The van der Waals surface area contributed by atoms with Crippen molar-refractivity contribution in [1.29, 1.82) is 0 Å². The molecule has 4 N–H and O–H groups in total. The zero-order chi connectivity index (χ0) is 13.7. The van der Waals surface area contributed by atoms with Crippen molar-refractivity contribution >= 4 is 27.5 Å². The molecule has 0 radical (unpaired) electrons. The Hall–Kier alpha value is -1.07. The summed E-state index contributed by atoms with van der Waals surface area (Å²) < 4.78 is 0.840. The maximum absolute atomic E-state index is 12.1. The van der Waals surface area contributed by atoms with E-state index >= 15 is 0 Å². The van der Waals surface area contributed by atoms with Crippen LogP contribution in [0.25, 0.3) is 0 Å². The highest BCUT2D eigenvalue weighted by Gasteiger charge is 2.18. The Kier molecular flexibility index (Phi) is 5.62. The van der Waals surface area contributed by atoms with Crippen LogP contribution in [0.5, 0.6) is 0 Å². The molecule has 18 heavy (non-hydrogen) atoms. The fraction of sp³-hybridized carbons (Fsp3) is 0.462. The first-order valence-corrected chi connectivity index (χ1v) is 6.71. The highest BCUT2D eigenvalue weighted by Crippen LogP contribution is 2.19. The zero-order valence-electron chi connectivity index (χ0n) is 10.6. The third-order valence-electron chi connectivity index (χ3n) is 2.82. The van der Waals surface area contributed by atoms with Gasteiger partial charge in [-0.25, -0.2) is 0 Å². The van der Waals surface area contributed by atoms with E-state index < -0.39 is 0 Å². The molecule has 1 aromatic carbocycles. The van der Waals surface area contributed by atoms with E-state index in [9.17, 15) is 4.79 Å². The number of nitrogen functional groups attached to an aromatic ring is 1. The van der Waals surface area contributed by atoms with Crippen molar-refractivity contribution in [3.8, 4) is 0 Å². The van der Waals surface area contributed by atoms with Crippen LogP contribution in [0, 0.1) is 5.92 Å². The summed E-state index contributed by atoms with van der Waals surface area (Å²) in [7, 11) is 0. The summed E-state index contributed by atoms with van der Waals surface area (Å²) in [6, 6.07) is 5.11. The van der Waals surface area contributed by atoms with Crippen LogP contribution in [0.3, 0.4) is 0 Å². The minimum atomic E-state index is -0.202. The predicted octanol–water partition coefficient (Wildman–Crippen LogP) is 2.17. The first kappa shape index (κ1) is 15.0. The Morgan fingerprint density at radius 3 is 2.67 bits per heavy atom. The SMILES string of the molecule is CC(C)C(CCO)NC(=O)c1ccc(Br)cc1N. The minimum Gasteiger partial charge on any atom is -0.398 e. The van der Waals surface area contributed by atoms with Crippen molar-refractivity contribution in [2.45, 2.75) is 26.3 Å². The van der Waals surface area contributed by atoms with Gasteiger partial charge >= 0.3 is 0 Å². The lowest BCUT2D eigenvalue weighted by Gasteiger charge is -2.21. The van der Waals surface area contributed by atoms with Crippen molar-refractivity contribution < 1.29 is 9.90 Å². The number of rotatable bonds is 5. The molecule has 0 bridgehead atoms. The predicted molar refractivity (Wildman–Crippen MR) is 76.3 cm³/mol. The third kappa shape index (κ3) is 3.99. The van der Waals surface area contributed by atoms with Crippen molar-refractivity contribution in [2.24, 2.45) is 5.92 Å². The van der Waals surface area contributed by atoms with Crippen molar-refractivity contribution in [3.05, 3.63) is 28.2 Å². The molecule has 0 saturated heterocycles. The molecule has 5 heteroatoms. The van der Waals surface area contributed by atoms with E-state index in [4.69, 9.17) is 10.8 Å². The quantitative estimate of drug-likeness (QED) is 0.729. The van der Waals surface area contributed by atoms with Gasteiger partial charge in [0.15, 0.2) is 0 Å². The number of benzene rings is 1. The standard InChI is InChI=1S/C13H19BrN2O2/c1-8(2)12(5-6-17)16-13(18)10-4-3-9(14)7-11(10)15/h3-4,7-8,12,17H,5-6,15H2,1-2H3,(H,16,18). The van der Waals surface area contributed by atoms with Crippen LogP contribution in [0.4, 0.5) is 5.69 Å². The van der Waals surface area contributed by atoms with Crippen LogP contribution in [-0.4, -0.2) is 23.7 Å². The minimum absolute atomic E-state index is 0.0504. The molecule has 1 atom stereocenters. The molecule has 0 spiro atoms. The Labute approximate surface area is 116 Å². The number of carbonyl (C=O) groups excluding carboxylic acids is 1. The van der Waals surface area contributed by atoms with E-state index in [0.717, 1.165) is 4.47 Å². The molecule has 0 aliphatic carbocycles. The van der Waals surface area contributed by atoms with Gasteiger partial charge in [0.05, 0.1) is 5.56 Å². The maximum Gasteiger partial charge on any atom is 0.253 e. The average Bonchev–Trinajstić information content (AvgIpc) is 2.27. The number of amides is 1. The number of nitrogens with two attached hydrogens (primary N) is 1. The number of hydrogen-bond acceptors (Lipinski definition) is 3. The van der Waals surface area contributed by atoms with Gasteiger partial charge in [-0.15, -0.1) is 0 Å². The Balaban J connectivity index is 2.80. The van der Waals surface area contributed by atoms with Crippen LogP contribution in [0.15, 0.2) is 22.7 Å². The Morgan fingerprint density at radius 2 is 2.17 bits per heavy atom. The fourth-order valence-corrected chi connectivity index (χ4v) is 2.08. The van der Waals surface area contributed by atoms with Gasteiger partial charge in [0.2, 0.25) is 0 Å². The van der Waals surface area contributed by atoms with E-state index in [-0.39, 0.29) is 24.5 Å². The molecule has 0 heterocycles. The van der Waals surface area contributed by atoms with E-state index in [2.05, 4.69) is 21.2 Å². The second kappa shape index (κ2) is 6.75. The van der Waals surface area contributed by atoms with Gasteiger partial charge in [-0.05, 0) is 30.5 Å². The Bertz CT molecular complexity index is 421. The lowest BCUT2D eigenvalue weighted by atomic mass is 10.0. The summed E-state index contributed by atoms with van der Waals surface area (Å²) in [6.45, 7) is 4.07. The van der Waals surface area contributed by atoms with E-state index in [1.165, 1.54) is 0 Å². The lowest BCUT2D eigenvalue weighted by Crippen LogP contribution is -2.39. The topological polar surface area (TPSA) is 75.3 Å². The van der Waals surface area contributed by atoms with Gasteiger partial charge in [-0.1, -0.05) is 29.8 Å². The van der Waals surface area contributed by atoms with Crippen LogP contribution >= 0.6 is 15.9 Å². The summed E-state index contributed by atoms with van der Waals surface area (Å²) in [5, 5.41) is 11.9. The van der Waals surface area contributed by atoms with Gasteiger partial charge < -0.3 is 16.2 Å². The number of aliphatic hydroxyl groups excluding tert-OH is 1. The van der Waals surface area contributed by atoms with Crippen molar-refractivity contribution in [3.63, 3.8) is 0 Å². The number of halogens is 1. The van der Waals surface area contributed by atoms with E-state index in [1.807, 2.05) is 13.8 Å². The number of carbonyl (C=O) groups is 1. The Morgan fingerprint density at radius 1 is 1.50 bits per heavy atom.